The zero-order valence-electron chi connectivity index (χ0n) is 12.0. The highest BCUT2D eigenvalue weighted by Crippen LogP contribution is 2.23. The van der Waals surface area contributed by atoms with Gasteiger partial charge in [0, 0.05) is 16.0 Å². The average molecular weight is 311 g/mol. The Morgan fingerprint density at radius 3 is 2.48 bits per heavy atom. The van der Waals surface area contributed by atoms with Crippen molar-refractivity contribution in [3.05, 3.63) is 33.5 Å². The highest BCUT2D eigenvalue weighted by Gasteiger charge is 2.22. The molecule has 0 spiro atoms. The molecule has 0 radical (unpaired) electrons. The lowest BCUT2D eigenvalue weighted by molar-refractivity contribution is -0.141. The van der Waals surface area contributed by atoms with E-state index in [1.807, 2.05) is 11.4 Å². The Morgan fingerprint density at radius 2 is 2.00 bits per heavy atom. The minimum atomic E-state index is -1.15. The van der Waals surface area contributed by atoms with Gasteiger partial charge in [0.05, 0.1) is 19.6 Å². The molecule has 0 saturated heterocycles. The van der Waals surface area contributed by atoms with Crippen LogP contribution < -0.4 is 5.32 Å². The summed E-state index contributed by atoms with van der Waals surface area (Å²) in [5.41, 5.74) is 0.0735. The Balaban J connectivity index is 2.92. The molecule has 1 heterocycles. The highest BCUT2D eigenvalue weighted by molar-refractivity contribution is 7.10. The SMILES string of the molecule is COC(=O)CC(NC(=O)C(C)=C(C)C(=O)O)c1cccs1. The first kappa shape index (κ1) is 16.9. The number of carboxylic acids is 1. The molecule has 114 valence electrons. The molecule has 2 N–H and O–H groups in total. The van der Waals surface area contributed by atoms with E-state index in [0.717, 1.165) is 4.88 Å². The molecule has 1 amide bonds. The van der Waals surface area contributed by atoms with Gasteiger partial charge in [-0.15, -0.1) is 11.3 Å². The number of amides is 1. The lowest BCUT2D eigenvalue weighted by atomic mass is 10.1. The largest absolute Gasteiger partial charge is 0.478 e. The Bertz CT molecular complexity index is 562. The summed E-state index contributed by atoms with van der Waals surface area (Å²) >= 11 is 1.40. The summed E-state index contributed by atoms with van der Waals surface area (Å²) < 4.78 is 4.61. The van der Waals surface area contributed by atoms with Crippen molar-refractivity contribution in [2.75, 3.05) is 7.11 Å². The van der Waals surface area contributed by atoms with E-state index in [0.29, 0.717) is 0 Å². The van der Waals surface area contributed by atoms with Crippen LogP contribution in [0.2, 0.25) is 0 Å². The molecule has 1 aromatic heterocycles. The van der Waals surface area contributed by atoms with Gasteiger partial charge in [0.2, 0.25) is 5.91 Å². The Kier molecular flexibility index (Phi) is 6.10. The average Bonchev–Trinajstić information content (AvgIpc) is 2.98. The molecule has 0 fully saturated rings. The summed E-state index contributed by atoms with van der Waals surface area (Å²) in [5.74, 6) is -2.12. The summed E-state index contributed by atoms with van der Waals surface area (Å²) in [5, 5.41) is 13.4. The third-order valence-corrected chi connectivity index (χ3v) is 4.00. The molecule has 0 aliphatic rings. The van der Waals surface area contributed by atoms with Gasteiger partial charge in [-0.25, -0.2) is 4.79 Å². The minimum Gasteiger partial charge on any atom is -0.478 e. The fourth-order valence-corrected chi connectivity index (χ4v) is 2.34. The molecular weight excluding hydrogens is 294 g/mol. The minimum absolute atomic E-state index is 0.0118. The number of rotatable bonds is 6. The molecule has 6 nitrogen and oxygen atoms in total. The standard InChI is InChI=1S/C14H17NO5S/c1-8(9(2)14(18)19)13(17)15-10(7-12(16)20-3)11-5-4-6-21-11/h4-6,10H,7H2,1-3H3,(H,15,17)(H,18,19). The second-order valence-electron chi connectivity index (χ2n) is 4.38. The van der Waals surface area contributed by atoms with E-state index in [9.17, 15) is 14.4 Å². The van der Waals surface area contributed by atoms with E-state index in [4.69, 9.17) is 5.11 Å². The number of carbonyl (C=O) groups is 3. The van der Waals surface area contributed by atoms with Crippen LogP contribution in [-0.4, -0.2) is 30.1 Å². The number of methoxy groups -OCH3 is 1. The van der Waals surface area contributed by atoms with E-state index < -0.39 is 23.9 Å². The number of hydrogen-bond donors (Lipinski definition) is 2. The van der Waals surface area contributed by atoms with Gasteiger partial charge in [-0.3, -0.25) is 9.59 Å². The number of hydrogen-bond acceptors (Lipinski definition) is 5. The number of ether oxygens (including phenoxy) is 1. The molecule has 1 rings (SSSR count). The van der Waals surface area contributed by atoms with Crippen molar-refractivity contribution < 1.29 is 24.2 Å². The van der Waals surface area contributed by atoms with Crippen molar-refractivity contribution in [1.82, 2.24) is 5.32 Å². The normalized spacial score (nSPS) is 13.1. The van der Waals surface area contributed by atoms with Gasteiger partial charge < -0.3 is 15.2 Å². The van der Waals surface area contributed by atoms with Gasteiger partial charge in [0.1, 0.15) is 0 Å². The van der Waals surface area contributed by atoms with Gasteiger partial charge >= 0.3 is 11.9 Å². The predicted molar refractivity (Wildman–Crippen MR) is 77.8 cm³/mol. The number of aliphatic carboxylic acids is 1. The van der Waals surface area contributed by atoms with Crippen molar-refractivity contribution in [2.24, 2.45) is 0 Å². The van der Waals surface area contributed by atoms with E-state index >= 15 is 0 Å². The Morgan fingerprint density at radius 1 is 1.33 bits per heavy atom. The second-order valence-corrected chi connectivity index (χ2v) is 5.36. The molecule has 7 heteroatoms. The van der Waals surface area contributed by atoms with E-state index in [1.54, 1.807) is 6.07 Å². The number of carboxylic acid groups (broad SMARTS) is 1. The monoisotopic (exact) mass is 311 g/mol. The molecule has 1 aromatic rings. The van der Waals surface area contributed by atoms with Crippen LogP contribution in [0.15, 0.2) is 28.7 Å². The first-order chi connectivity index (χ1) is 9.86. The van der Waals surface area contributed by atoms with Gasteiger partial charge in [-0.05, 0) is 25.3 Å². The fraction of sp³-hybridized carbons (Fsp3) is 0.357. The predicted octanol–water partition coefficient (Wildman–Crippen LogP) is 1.89. The highest BCUT2D eigenvalue weighted by atomic mass is 32.1. The van der Waals surface area contributed by atoms with Crippen molar-refractivity contribution >= 4 is 29.2 Å². The maximum atomic E-state index is 12.1. The van der Waals surface area contributed by atoms with E-state index in [-0.39, 0.29) is 17.6 Å². The van der Waals surface area contributed by atoms with E-state index in [2.05, 4.69) is 10.1 Å². The fourth-order valence-electron chi connectivity index (χ4n) is 1.56. The summed E-state index contributed by atoms with van der Waals surface area (Å²) in [6, 6.07) is 3.06. The molecule has 0 aliphatic carbocycles. The zero-order valence-corrected chi connectivity index (χ0v) is 12.8. The lowest BCUT2D eigenvalue weighted by Crippen LogP contribution is -2.31. The van der Waals surface area contributed by atoms with Crippen LogP contribution in [0.4, 0.5) is 0 Å². The number of thiophene rings is 1. The topological polar surface area (TPSA) is 92.7 Å². The third kappa shape index (κ3) is 4.71. The molecule has 1 atom stereocenters. The van der Waals surface area contributed by atoms with Crippen LogP contribution in [0.25, 0.3) is 0 Å². The molecule has 21 heavy (non-hydrogen) atoms. The van der Waals surface area contributed by atoms with Gasteiger partial charge in [-0.2, -0.15) is 0 Å². The first-order valence-corrected chi connectivity index (χ1v) is 7.06. The summed E-state index contributed by atoms with van der Waals surface area (Å²) in [6.45, 7) is 2.79. The van der Waals surface area contributed by atoms with E-state index in [1.165, 1.54) is 32.3 Å². The molecule has 0 bridgehead atoms. The van der Waals surface area contributed by atoms with Crippen LogP contribution in [0.3, 0.4) is 0 Å². The molecule has 0 aliphatic heterocycles. The zero-order chi connectivity index (χ0) is 16.0. The van der Waals surface area contributed by atoms with Gasteiger partial charge in [0.15, 0.2) is 0 Å². The molecular formula is C14H17NO5S. The van der Waals surface area contributed by atoms with Crippen LogP contribution in [0, 0.1) is 0 Å². The Labute approximate surface area is 126 Å². The summed E-state index contributed by atoms with van der Waals surface area (Å²) in [6.07, 6.45) is -0.0118. The first-order valence-electron chi connectivity index (χ1n) is 6.18. The van der Waals surface area contributed by atoms with Crippen LogP contribution in [0.1, 0.15) is 31.2 Å². The lowest BCUT2D eigenvalue weighted by Gasteiger charge is -2.17. The number of nitrogens with one attached hydrogen (secondary N) is 1. The maximum Gasteiger partial charge on any atom is 0.331 e. The smallest absolute Gasteiger partial charge is 0.331 e. The van der Waals surface area contributed by atoms with Crippen molar-refractivity contribution in [3.63, 3.8) is 0 Å². The molecule has 0 aromatic carbocycles. The Hall–Kier alpha value is -2.15. The van der Waals surface area contributed by atoms with Gasteiger partial charge in [0.25, 0.3) is 0 Å². The van der Waals surface area contributed by atoms with Crippen LogP contribution >= 0.6 is 11.3 Å². The quantitative estimate of drug-likeness (QED) is 0.618. The third-order valence-electron chi connectivity index (χ3n) is 3.01. The summed E-state index contributed by atoms with van der Waals surface area (Å²) in [7, 11) is 1.27. The van der Waals surface area contributed by atoms with Crippen molar-refractivity contribution in [2.45, 2.75) is 26.3 Å². The van der Waals surface area contributed by atoms with Crippen LogP contribution in [-0.2, 0) is 19.1 Å². The van der Waals surface area contributed by atoms with Crippen molar-refractivity contribution in [3.8, 4) is 0 Å². The van der Waals surface area contributed by atoms with Crippen molar-refractivity contribution in [1.29, 1.82) is 0 Å². The number of esters is 1. The molecule has 0 saturated carbocycles. The summed E-state index contributed by atoms with van der Waals surface area (Å²) in [4.78, 5) is 35.2. The molecule has 1 unspecified atom stereocenters. The van der Waals surface area contributed by atoms with Crippen LogP contribution in [0.5, 0.6) is 0 Å². The maximum absolute atomic E-state index is 12.1. The second kappa shape index (κ2) is 7.58. The van der Waals surface area contributed by atoms with Gasteiger partial charge in [-0.1, -0.05) is 6.07 Å². The number of carbonyl (C=O) groups excluding carboxylic acids is 2.